The van der Waals surface area contributed by atoms with Crippen LogP contribution < -0.4 is 0 Å². The summed E-state index contributed by atoms with van der Waals surface area (Å²) in [6.45, 7) is 11.6. The van der Waals surface area contributed by atoms with Crippen LogP contribution in [0.3, 0.4) is 0 Å². The van der Waals surface area contributed by atoms with E-state index in [-0.39, 0.29) is 46.0 Å². The summed E-state index contributed by atoms with van der Waals surface area (Å²) in [6, 6.07) is 0. The van der Waals surface area contributed by atoms with Gasteiger partial charge in [-0.3, -0.25) is 4.79 Å². The molecule has 5 aliphatic carbocycles. The number of hydrogen-bond acceptors (Lipinski definition) is 19. The van der Waals surface area contributed by atoms with Gasteiger partial charge in [0.2, 0.25) is 6.29 Å². The molecule has 20 nitrogen and oxygen atoms in total. The highest BCUT2D eigenvalue weighted by molar-refractivity contribution is 5.79. The van der Waals surface area contributed by atoms with Crippen molar-refractivity contribution in [1.82, 2.24) is 0 Å². The Morgan fingerprint density at radius 3 is 1.82 bits per heavy atom. The molecule has 3 saturated heterocycles. The van der Waals surface area contributed by atoms with Crippen molar-refractivity contribution < 1.29 is 99.3 Å². The van der Waals surface area contributed by atoms with Crippen LogP contribution in [0.1, 0.15) is 106 Å². The number of aliphatic hydroxyl groups excluding tert-OH is 11. The van der Waals surface area contributed by atoms with Gasteiger partial charge in [-0.1, -0.05) is 53.2 Å². The van der Waals surface area contributed by atoms with E-state index in [1.807, 2.05) is 6.92 Å². The Kier molecular flexibility index (Phi) is 14.3. The number of carboxylic acid groups (broad SMARTS) is 1. The van der Waals surface area contributed by atoms with Crippen molar-refractivity contribution in [3.63, 3.8) is 0 Å². The molecule has 8 aliphatic rings. The third-order valence-electron chi connectivity index (χ3n) is 19.4. The molecule has 12 N–H and O–H groups in total. The van der Waals surface area contributed by atoms with Crippen LogP contribution in [0.25, 0.3) is 0 Å². The van der Waals surface area contributed by atoms with Gasteiger partial charge < -0.3 is 89.7 Å². The van der Waals surface area contributed by atoms with Crippen molar-refractivity contribution >= 4 is 11.9 Å². The van der Waals surface area contributed by atoms with E-state index in [0.29, 0.717) is 51.4 Å². The Labute approximate surface area is 396 Å². The fourth-order valence-corrected chi connectivity index (χ4v) is 15.0. The predicted octanol–water partition coefficient (Wildman–Crippen LogP) is -0.795. The highest BCUT2D eigenvalue weighted by Gasteiger charge is 2.71. The Bertz CT molecular complexity index is 1900. The molecular formula is C48H76O20. The lowest BCUT2D eigenvalue weighted by Gasteiger charge is -2.71. The minimum absolute atomic E-state index is 0.103. The SMILES string of the molecule is CC1(C)CCC2(C(=O)OC3OC(CO)C(O)C(O)C3O)CCC3(C)C(=CCC4C5(C)CCC(OC6OC(C(=O)O)C(OC7OC(CO)C(O)C(O)C7O)C(O)C6O)C(C)(CO)C5CCC43C)C2C1. The lowest BCUT2D eigenvalue weighted by molar-refractivity contribution is -0.364. The summed E-state index contributed by atoms with van der Waals surface area (Å²) in [5, 5.41) is 127. The number of carbonyl (C=O) groups is 2. The number of allylic oxidation sites excluding steroid dienone is 2. The molecule has 0 aromatic heterocycles. The molecule has 0 radical (unpaired) electrons. The largest absolute Gasteiger partial charge is 0.479 e. The van der Waals surface area contributed by atoms with Crippen LogP contribution >= 0.6 is 0 Å². The molecule has 388 valence electrons. The van der Waals surface area contributed by atoms with E-state index in [1.54, 1.807) is 0 Å². The molecule has 3 heterocycles. The molecule has 24 atom stereocenters. The van der Waals surface area contributed by atoms with Gasteiger partial charge in [0.15, 0.2) is 18.7 Å². The fraction of sp³-hybridized carbons (Fsp3) is 0.917. The maximum Gasteiger partial charge on any atom is 0.335 e. The van der Waals surface area contributed by atoms with Crippen LogP contribution in [0, 0.1) is 50.2 Å². The molecule has 4 saturated carbocycles. The summed E-state index contributed by atoms with van der Waals surface area (Å²) >= 11 is 0. The van der Waals surface area contributed by atoms with Gasteiger partial charge in [0, 0.05) is 5.41 Å². The summed E-state index contributed by atoms with van der Waals surface area (Å²) in [5.74, 6) is -2.34. The van der Waals surface area contributed by atoms with Crippen molar-refractivity contribution in [2.45, 2.75) is 204 Å². The second-order valence-corrected chi connectivity index (χ2v) is 23.3. The van der Waals surface area contributed by atoms with Crippen molar-refractivity contribution in [2.75, 3.05) is 19.8 Å². The number of ether oxygens (including phenoxy) is 6. The second-order valence-electron chi connectivity index (χ2n) is 23.3. The topological polar surface area (TPSA) is 332 Å². The molecule has 7 fully saturated rings. The number of rotatable bonds is 10. The molecule has 8 rings (SSSR count). The highest BCUT2D eigenvalue weighted by Crippen LogP contribution is 2.76. The van der Waals surface area contributed by atoms with Crippen LogP contribution in [0.15, 0.2) is 11.6 Å². The maximum atomic E-state index is 14.7. The quantitative estimate of drug-likeness (QED) is 0.0725. The first-order valence-electron chi connectivity index (χ1n) is 24.5. The Balaban J connectivity index is 1.02. The summed E-state index contributed by atoms with van der Waals surface area (Å²) in [5.41, 5.74) is -1.73. The molecule has 3 aliphatic heterocycles. The number of carboxylic acids is 1. The zero-order chi connectivity index (χ0) is 49.8. The molecule has 0 aromatic rings. The van der Waals surface area contributed by atoms with Gasteiger partial charge in [0.1, 0.15) is 67.1 Å². The Hall–Kier alpha value is -1.96. The molecule has 68 heavy (non-hydrogen) atoms. The van der Waals surface area contributed by atoms with Crippen LogP contribution in [0.4, 0.5) is 0 Å². The molecule has 0 aromatic carbocycles. The number of fused-ring (bicyclic) bond motifs is 7. The number of hydrogen-bond donors (Lipinski definition) is 12. The van der Waals surface area contributed by atoms with E-state index in [0.717, 1.165) is 12.8 Å². The molecule has 0 spiro atoms. The number of esters is 1. The number of aliphatic hydroxyl groups is 11. The molecule has 0 amide bonds. The maximum absolute atomic E-state index is 14.7. The van der Waals surface area contributed by atoms with Crippen molar-refractivity contribution in [3.05, 3.63) is 11.6 Å². The average molecular weight is 973 g/mol. The predicted molar refractivity (Wildman–Crippen MR) is 232 cm³/mol. The first-order chi connectivity index (χ1) is 31.8. The first-order valence-corrected chi connectivity index (χ1v) is 24.5. The molecule has 20 heteroatoms. The van der Waals surface area contributed by atoms with Crippen LogP contribution in [-0.2, 0) is 38.0 Å². The third kappa shape index (κ3) is 8.03. The zero-order valence-corrected chi connectivity index (χ0v) is 39.9. The average Bonchev–Trinajstić information content (AvgIpc) is 3.29. The van der Waals surface area contributed by atoms with Crippen molar-refractivity contribution in [1.29, 1.82) is 0 Å². The lowest BCUT2D eigenvalue weighted by Crippen LogP contribution is -2.68. The Morgan fingerprint density at radius 1 is 0.647 bits per heavy atom. The van der Waals surface area contributed by atoms with E-state index < -0.39 is 134 Å². The molecular weight excluding hydrogens is 897 g/mol. The third-order valence-corrected chi connectivity index (χ3v) is 19.4. The van der Waals surface area contributed by atoms with Gasteiger partial charge in [0.05, 0.1) is 31.3 Å². The van der Waals surface area contributed by atoms with Gasteiger partial charge in [-0.05, 0) is 104 Å². The van der Waals surface area contributed by atoms with Crippen LogP contribution in [-0.4, -0.2) is 191 Å². The Morgan fingerprint density at radius 2 is 1.22 bits per heavy atom. The fourth-order valence-electron chi connectivity index (χ4n) is 15.0. The van der Waals surface area contributed by atoms with E-state index in [1.165, 1.54) is 5.57 Å². The molecule has 0 bridgehead atoms. The van der Waals surface area contributed by atoms with Crippen LogP contribution in [0.5, 0.6) is 0 Å². The second kappa shape index (κ2) is 18.5. The summed E-state index contributed by atoms with van der Waals surface area (Å²) in [7, 11) is 0. The zero-order valence-electron chi connectivity index (χ0n) is 39.9. The minimum Gasteiger partial charge on any atom is -0.479 e. The summed E-state index contributed by atoms with van der Waals surface area (Å²) in [6.07, 6.45) is -18.0. The van der Waals surface area contributed by atoms with E-state index in [4.69, 9.17) is 28.4 Å². The monoisotopic (exact) mass is 972 g/mol. The first kappa shape index (κ1) is 52.4. The van der Waals surface area contributed by atoms with Gasteiger partial charge >= 0.3 is 11.9 Å². The minimum atomic E-state index is -1.98. The van der Waals surface area contributed by atoms with Crippen molar-refractivity contribution in [3.8, 4) is 0 Å². The van der Waals surface area contributed by atoms with E-state index in [9.17, 15) is 70.9 Å². The van der Waals surface area contributed by atoms with Crippen molar-refractivity contribution in [2.24, 2.45) is 50.2 Å². The normalized spacial score (nSPS) is 53.4. The highest BCUT2D eigenvalue weighted by atomic mass is 16.7. The number of aliphatic carboxylic acids is 1. The number of carbonyl (C=O) groups excluding carboxylic acids is 1. The smallest absolute Gasteiger partial charge is 0.335 e. The van der Waals surface area contributed by atoms with Crippen LogP contribution in [0.2, 0.25) is 0 Å². The summed E-state index contributed by atoms with van der Waals surface area (Å²) < 4.78 is 34.9. The van der Waals surface area contributed by atoms with Gasteiger partial charge in [-0.25, -0.2) is 4.79 Å². The van der Waals surface area contributed by atoms with Gasteiger partial charge in [0.25, 0.3) is 0 Å². The summed E-state index contributed by atoms with van der Waals surface area (Å²) in [4.78, 5) is 27.3. The van der Waals surface area contributed by atoms with E-state index >= 15 is 0 Å². The van der Waals surface area contributed by atoms with Gasteiger partial charge in [-0.2, -0.15) is 0 Å². The van der Waals surface area contributed by atoms with E-state index in [2.05, 4.69) is 40.7 Å². The van der Waals surface area contributed by atoms with Gasteiger partial charge in [-0.15, -0.1) is 0 Å². The lowest BCUT2D eigenvalue weighted by atomic mass is 9.33. The molecule has 24 unspecified atom stereocenters. The standard InChI is InChI=1S/C48H76O20/c1-43(2)13-15-48(42(62)68-40-34(58)31(55)29(53)24(19-50)64-40)16-14-46(5)21(22(48)17-43)7-8-26-44(3)11-10-27(45(4,20-51)25(44)9-12-47(26,46)6)65-41-35(59)32(56)36(37(67-41)38(60)61)66-39-33(57)30(54)28(52)23(18-49)63-39/h7,22-37,39-41,49-59H,8-20H2,1-6H3,(H,60,61).